The van der Waals surface area contributed by atoms with Crippen LogP contribution in [0.5, 0.6) is 5.75 Å². The van der Waals surface area contributed by atoms with Gasteiger partial charge in [0.05, 0.1) is 17.9 Å². The molecule has 2 aromatic carbocycles. The van der Waals surface area contributed by atoms with Gasteiger partial charge in [0.2, 0.25) is 0 Å². The molecule has 0 radical (unpaired) electrons. The van der Waals surface area contributed by atoms with Crippen LogP contribution in [0.3, 0.4) is 0 Å². The normalized spacial score (nSPS) is 18.3. The molecule has 0 aromatic heterocycles. The molecule has 1 atom stereocenters. The molecule has 9 heteroatoms. The minimum atomic E-state index is -4.44. The second-order valence-corrected chi connectivity index (χ2v) is 14.1. The first-order chi connectivity index (χ1) is 20.0. The number of rotatable bonds is 14. The highest BCUT2D eigenvalue weighted by Gasteiger charge is 2.30. The summed E-state index contributed by atoms with van der Waals surface area (Å²) in [6, 6.07) is 12.7. The third kappa shape index (κ3) is 9.83. The smallest absolute Gasteiger partial charge is 0.390 e. The minimum absolute atomic E-state index is 0.177. The quantitative estimate of drug-likeness (QED) is 0.173. The van der Waals surface area contributed by atoms with E-state index in [1.54, 1.807) is 18.2 Å². The number of unbranched alkanes of at least 4 members (excludes halogenated alkanes) is 3. The fourth-order valence-corrected chi connectivity index (χ4v) is 7.88. The van der Waals surface area contributed by atoms with E-state index in [0.717, 1.165) is 94.0 Å². The van der Waals surface area contributed by atoms with Crippen molar-refractivity contribution >= 4 is 21.0 Å². The van der Waals surface area contributed by atoms with Crippen LogP contribution in [0.15, 0.2) is 42.5 Å². The second kappa shape index (κ2) is 14.9. The molecular formula is C33H43F4NO3S. The van der Waals surface area contributed by atoms with Crippen LogP contribution in [0.2, 0.25) is 0 Å². The fraction of sp³-hybridized carbons (Fsp3) is 0.576. The molecule has 2 aromatic rings. The van der Waals surface area contributed by atoms with E-state index < -0.39 is 28.2 Å². The molecule has 4 rings (SSSR count). The van der Waals surface area contributed by atoms with Gasteiger partial charge >= 0.3 is 6.18 Å². The Morgan fingerprint density at radius 2 is 1.74 bits per heavy atom. The van der Waals surface area contributed by atoms with Crippen LogP contribution in [0.1, 0.15) is 93.7 Å². The predicted molar refractivity (Wildman–Crippen MR) is 160 cm³/mol. The molecule has 42 heavy (non-hydrogen) atoms. The number of phenols is 1. The highest BCUT2D eigenvalue weighted by Crippen LogP contribution is 2.40. The molecule has 1 fully saturated rings. The van der Waals surface area contributed by atoms with Gasteiger partial charge in [-0.1, -0.05) is 31.0 Å². The van der Waals surface area contributed by atoms with Crippen LogP contribution in [-0.2, 0) is 16.3 Å². The van der Waals surface area contributed by atoms with Crippen LogP contribution in [0.25, 0.3) is 11.1 Å². The molecule has 2 aliphatic rings. The van der Waals surface area contributed by atoms with Gasteiger partial charge in [-0.25, -0.2) is 12.8 Å². The van der Waals surface area contributed by atoms with Crippen LogP contribution >= 0.6 is 0 Å². The van der Waals surface area contributed by atoms with Gasteiger partial charge < -0.3 is 10.0 Å². The van der Waals surface area contributed by atoms with Crippen LogP contribution in [0, 0.1) is 5.82 Å². The molecular weight excluding hydrogens is 566 g/mol. The zero-order valence-electron chi connectivity index (χ0n) is 24.3. The lowest BCUT2D eigenvalue weighted by atomic mass is 9.89. The van der Waals surface area contributed by atoms with Crippen LogP contribution in [-0.4, -0.2) is 55.2 Å². The number of hydrogen-bond donors (Lipinski definition) is 1. The van der Waals surface area contributed by atoms with E-state index in [0.29, 0.717) is 18.9 Å². The van der Waals surface area contributed by atoms with E-state index in [9.17, 15) is 31.1 Å². The molecule has 1 unspecified atom stereocenters. The Kier molecular flexibility index (Phi) is 11.5. The lowest BCUT2D eigenvalue weighted by Gasteiger charge is -2.24. The van der Waals surface area contributed by atoms with E-state index in [1.165, 1.54) is 17.2 Å². The van der Waals surface area contributed by atoms with Crippen molar-refractivity contribution in [1.82, 2.24) is 4.90 Å². The first-order valence-corrected chi connectivity index (χ1v) is 17.1. The average molecular weight is 610 g/mol. The lowest BCUT2D eigenvalue weighted by Crippen LogP contribution is -2.31. The minimum Gasteiger partial charge on any atom is -0.508 e. The number of aryl methyl sites for hydroxylation is 1. The molecule has 4 nitrogen and oxygen atoms in total. The summed E-state index contributed by atoms with van der Waals surface area (Å²) >= 11 is 0. The van der Waals surface area contributed by atoms with Crippen molar-refractivity contribution < 1.29 is 31.1 Å². The van der Waals surface area contributed by atoms with Crippen molar-refractivity contribution in [2.24, 2.45) is 0 Å². The van der Waals surface area contributed by atoms with Crippen molar-refractivity contribution in [3.05, 3.63) is 65.0 Å². The van der Waals surface area contributed by atoms with Crippen molar-refractivity contribution in [3.63, 3.8) is 0 Å². The molecule has 1 aliphatic heterocycles. The Morgan fingerprint density at radius 1 is 0.929 bits per heavy atom. The van der Waals surface area contributed by atoms with Gasteiger partial charge in [0, 0.05) is 6.04 Å². The summed E-state index contributed by atoms with van der Waals surface area (Å²) in [4.78, 5) is 2.42. The van der Waals surface area contributed by atoms with Crippen molar-refractivity contribution in [2.75, 3.05) is 24.6 Å². The van der Waals surface area contributed by atoms with Gasteiger partial charge in [0.15, 0.2) is 9.84 Å². The summed E-state index contributed by atoms with van der Waals surface area (Å²) in [6.45, 7) is 1.93. The summed E-state index contributed by atoms with van der Waals surface area (Å²) in [5.74, 6) is -0.966. The largest absolute Gasteiger partial charge is 0.508 e. The second-order valence-electron chi connectivity index (χ2n) is 11.8. The van der Waals surface area contributed by atoms with Gasteiger partial charge in [0.25, 0.3) is 0 Å². The summed E-state index contributed by atoms with van der Waals surface area (Å²) in [6.07, 6.45) is 5.23. The van der Waals surface area contributed by atoms with E-state index in [4.69, 9.17) is 0 Å². The SMILES string of the molecule is O=S(=O)(CCCC1CCCN1CCCCCCC1=C(c2cccc(F)c2)CCCc2cc(O)ccc21)CCC(F)(F)F. The van der Waals surface area contributed by atoms with E-state index in [-0.39, 0.29) is 17.3 Å². The van der Waals surface area contributed by atoms with Gasteiger partial charge in [-0.15, -0.1) is 0 Å². The van der Waals surface area contributed by atoms with E-state index in [2.05, 4.69) is 4.90 Å². The zero-order valence-corrected chi connectivity index (χ0v) is 25.1. The first-order valence-electron chi connectivity index (χ1n) is 15.3. The van der Waals surface area contributed by atoms with Crippen molar-refractivity contribution in [1.29, 1.82) is 0 Å². The maximum Gasteiger partial charge on any atom is 0.390 e. The molecule has 1 aliphatic carbocycles. The predicted octanol–water partition coefficient (Wildman–Crippen LogP) is 8.34. The molecule has 0 amide bonds. The standard InChI is InChI=1S/C33H43F4NO3S/c34-27-11-5-9-25(23-27)30-15-6-10-26-24-29(39)16-17-31(26)32(30)14-3-1-2-4-19-38-20-7-12-28(38)13-8-21-42(40,41)22-18-33(35,36)37/h5,9,11,16-17,23-24,28,39H,1-4,6-8,10,12-15,18-22H2. The number of halogens is 4. The van der Waals surface area contributed by atoms with Gasteiger partial charge in [-0.3, -0.25) is 0 Å². The topological polar surface area (TPSA) is 57.6 Å². The number of fused-ring (bicyclic) bond motifs is 1. The first kappa shape index (κ1) is 32.5. The summed E-state index contributed by atoms with van der Waals surface area (Å²) < 4.78 is 75.3. The monoisotopic (exact) mass is 609 g/mol. The molecule has 0 bridgehead atoms. The average Bonchev–Trinajstić information content (AvgIpc) is 3.29. The van der Waals surface area contributed by atoms with Crippen molar-refractivity contribution in [2.45, 2.75) is 95.7 Å². The Labute approximate surface area is 247 Å². The highest BCUT2D eigenvalue weighted by atomic mass is 32.2. The van der Waals surface area contributed by atoms with Gasteiger partial charge in [-0.05, 0) is 129 Å². The molecule has 1 N–H and O–H groups in total. The number of benzene rings is 2. The Hall–Kier alpha value is -2.39. The number of sulfone groups is 1. The number of aromatic hydroxyl groups is 1. The maximum absolute atomic E-state index is 14.1. The Balaban J connectivity index is 1.26. The summed E-state index contributed by atoms with van der Waals surface area (Å²) in [5.41, 5.74) is 5.67. The van der Waals surface area contributed by atoms with Gasteiger partial charge in [-0.2, -0.15) is 13.2 Å². The number of alkyl halides is 3. The number of hydrogen-bond acceptors (Lipinski definition) is 4. The van der Waals surface area contributed by atoms with Crippen LogP contribution in [0.4, 0.5) is 17.6 Å². The fourth-order valence-electron chi connectivity index (χ4n) is 6.53. The number of nitrogens with zero attached hydrogens (tertiary/aromatic N) is 1. The molecule has 0 saturated carbocycles. The Morgan fingerprint density at radius 3 is 2.52 bits per heavy atom. The van der Waals surface area contributed by atoms with Crippen LogP contribution < -0.4 is 0 Å². The zero-order chi connectivity index (χ0) is 30.2. The maximum atomic E-state index is 14.1. The molecule has 1 saturated heterocycles. The number of phenolic OH excluding ortho intramolecular Hbond substituents is 1. The summed E-state index contributed by atoms with van der Waals surface area (Å²) in [5, 5.41) is 10.1. The van der Waals surface area contributed by atoms with Gasteiger partial charge in [0.1, 0.15) is 11.6 Å². The van der Waals surface area contributed by atoms with E-state index >= 15 is 0 Å². The molecule has 1 heterocycles. The Bertz CT molecular complexity index is 1320. The summed E-state index contributed by atoms with van der Waals surface area (Å²) in [7, 11) is -3.68. The number of likely N-dealkylation sites (tertiary alicyclic amines) is 1. The highest BCUT2D eigenvalue weighted by molar-refractivity contribution is 7.91. The van der Waals surface area contributed by atoms with Crippen molar-refractivity contribution in [3.8, 4) is 5.75 Å². The van der Waals surface area contributed by atoms with E-state index in [1.807, 2.05) is 18.2 Å². The molecule has 232 valence electrons. The number of allylic oxidation sites excluding steroid dienone is 2. The third-order valence-electron chi connectivity index (χ3n) is 8.63. The molecule has 0 spiro atoms. The third-order valence-corrected chi connectivity index (χ3v) is 10.4. The lowest BCUT2D eigenvalue weighted by molar-refractivity contribution is -0.129.